The number of fused-ring (bicyclic) bond motifs is 1. The number of nitrogens with one attached hydrogen (secondary N) is 1. The molecule has 2 rings (SSSR count). The molecule has 1 N–H and O–H groups in total. The predicted octanol–water partition coefficient (Wildman–Crippen LogP) is 3.24. The van der Waals surface area contributed by atoms with Gasteiger partial charge in [-0.05, 0) is 30.0 Å². The quantitative estimate of drug-likeness (QED) is 0.790. The lowest BCUT2D eigenvalue weighted by Gasteiger charge is -2.02. The van der Waals surface area contributed by atoms with Gasteiger partial charge in [-0.1, -0.05) is 19.9 Å². The van der Waals surface area contributed by atoms with Crippen molar-refractivity contribution >= 4 is 10.9 Å². The Bertz CT molecular complexity index is 515. The van der Waals surface area contributed by atoms with Gasteiger partial charge >= 0.3 is 0 Å². The summed E-state index contributed by atoms with van der Waals surface area (Å²) >= 11 is 0. The van der Waals surface area contributed by atoms with Gasteiger partial charge in [-0.2, -0.15) is 5.26 Å². The number of hydrogen-bond acceptors (Lipinski definition) is 1. The van der Waals surface area contributed by atoms with E-state index in [4.69, 9.17) is 5.26 Å². The first-order chi connectivity index (χ1) is 7.20. The number of nitrogens with zero attached hydrogens (tertiary/aromatic N) is 1. The van der Waals surface area contributed by atoms with E-state index < -0.39 is 0 Å². The van der Waals surface area contributed by atoms with Gasteiger partial charge in [0.25, 0.3) is 0 Å². The summed E-state index contributed by atoms with van der Waals surface area (Å²) in [6.07, 6.45) is 3.12. The van der Waals surface area contributed by atoms with Crippen LogP contribution in [0.3, 0.4) is 0 Å². The Labute approximate surface area is 89.5 Å². The second-order valence-corrected chi connectivity index (χ2v) is 4.28. The molecule has 76 valence electrons. The lowest BCUT2D eigenvalue weighted by molar-refractivity contribution is 0.650. The smallest absolute Gasteiger partial charge is 0.0992 e. The molecule has 2 heteroatoms. The molecule has 0 spiro atoms. The van der Waals surface area contributed by atoms with Crippen molar-refractivity contribution in [3.8, 4) is 6.07 Å². The summed E-state index contributed by atoms with van der Waals surface area (Å²) in [6.45, 7) is 4.42. The second-order valence-electron chi connectivity index (χ2n) is 4.28. The van der Waals surface area contributed by atoms with E-state index in [2.05, 4.69) is 24.9 Å². The van der Waals surface area contributed by atoms with Crippen LogP contribution in [0.15, 0.2) is 24.4 Å². The molecule has 0 aliphatic carbocycles. The summed E-state index contributed by atoms with van der Waals surface area (Å²) in [6, 6.07) is 7.96. The van der Waals surface area contributed by atoms with Crippen molar-refractivity contribution in [1.82, 2.24) is 4.98 Å². The summed E-state index contributed by atoms with van der Waals surface area (Å²) in [5.41, 5.74) is 3.11. The molecular formula is C13H14N2. The zero-order chi connectivity index (χ0) is 10.8. The highest BCUT2D eigenvalue weighted by atomic mass is 14.7. The number of H-pyrrole nitrogens is 1. The lowest BCUT2D eigenvalue weighted by Crippen LogP contribution is -1.92. The van der Waals surface area contributed by atoms with Gasteiger partial charge in [0.15, 0.2) is 0 Å². The van der Waals surface area contributed by atoms with E-state index in [0.717, 1.165) is 11.9 Å². The third-order valence-electron chi connectivity index (χ3n) is 2.52. The number of aromatic nitrogens is 1. The maximum Gasteiger partial charge on any atom is 0.0992 e. The summed E-state index contributed by atoms with van der Waals surface area (Å²) in [5, 5.41) is 10.0. The van der Waals surface area contributed by atoms with Crippen LogP contribution in [0, 0.1) is 17.2 Å². The third kappa shape index (κ3) is 1.87. The van der Waals surface area contributed by atoms with Gasteiger partial charge in [0.1, 0.15) is 0 Å². The average molecular weight is 198 g/mol. The Hall–Kier alpha value is -1.75. The SMILES string of the molecule is CC(C)Cc1c[nH]c2cc(C#N)ccc12. The highest BCUT2D eigenvalue weighted by molar-refractivity contribution is 5.84. The molecule has 0 bridgehead atoms. The van der Waals surface area contributed by atoms with E-state index in [1.54, 1.807) is 0 Å². The van der Waals surface area contributed by atoms with Crippen LogP contribution in [0.4, 0.5) is 0 Å². The van der Waals surface area contributed by atoms with E-state index in [-0.39, 0.29) is 0 Å². The first-order valence-electron chi connectivity index (χ1n) is 5.21. The fraction of sp³-hybridized carbons (Fsp3) is 0.308. The minimum absolute atomic E-state index is 0.652. The van der Waals surface area contributed by atoms with Gasteiger partial charge in [-0.3, -0.25) is 0 Å². The van der Waals surface area contributed by atoms with Crippen molar-refractivity contribution in [3.05, 3.63) is 35.5 Å². The van der Waals surface area contributed by atoms with Crippen molar-refractivity contribution in [3.63, 3.8) is 0 Å². The standard InChI is InChI=1S/C13H14N2/c1-9(2)5-11-8-15-13-6-10(7-14)3-4-12(11)13/h3-4,6,8-9,15H,5H2,1-2H3. The summed E-state index contributed by atoms with van der Waals surface area (Å²) in [7, 11) is 0. The van der Waals surface area contributed by atoms with Gasteiger partial charge in [0.05, 0.1) is 11.6 Å². The molecule has 0 radical (unpaired) electrons. The summed E-state index contributed by atoms with van der Waals surface area (Å²) in [4.78, 5) is 3.22. The summed E-state index contributed by atoms with van der Waals surface area (Å²) < 4.78 is 0. The van der Waals surface area contributed by atoms with Crippen LogP contribution >= 0.6 is 0 Å². The van der Waals surface area contributed by atoms with Gasteiger partial charge in [0.2, 0.25) is 0 Å². The highest BCUT2D eigenvalue weighted by Crippen LogP contribution is 2.21. The van der Waals surface area contributed by atoms with E-state index in [1.165, 1.54) is 10.9 Å². The third-order valence-corrected chi connectivity index (χ3v) is 2.52. The Morgan fingerprint density at radius 2 is 2.20 bits per heavy atom. The van der Waals surface area contributed by atoms with E-state index in [9.17, 15) is 0 Å². The molecule has 15 heavy (non-hydrogen) atoms. The molecule has 1 aromatic carbocycles. The molecule has 0 saturated heterocycles. The lowest BCUT2D eigenvalue weighted by atomic mass is 10.0. The largest absolute Gasteiger partial charge is 0.361 e. The maximum atomic E-state index is 8.79. The molecule has 2 aromatic rings. The Morgan fingerprint density at radius 3 is 2.87 bits per heavy atom. The molecule has 1 heterocycles. The number of nitriles is 1. The Balaban J connectivity index is 2.48. The fourth-order valence-electron chi connectivity index (χ4n) is 1.86. The molecule has 0 aliphatic rings. The topological polar surface area (TPSA) is 39.6 Å². The molecule has 2 nitrogen and oxygen atoms in total. The van der Waals surface area contributed by atoms with E-state index in [0.29, 0.717) is 11.5 Å². The Morgan fingerprint density at radius 1 is 1.40 bits per heavy atom. The summed E-state index contributed by atoms with van der Waals surface area (Å²) in [5.74, 6) is 0.652. The normalized spacial score (nSPS) is 10.8. The first-order valence-corrected chi connectivity index (χ1v) is 5.21. The minimum Gasteiger partial charge on any atom is -0.361 e. The van der Waals surface area contributed by atoms with Crippen molar-refractivity contribution in [2.75, 3.05) is 0 Å². The van der Waals surface area contributed by atoms with Crippen molar-refractivity contribution < 1.29 is 0 Å². The fourth-order valence-corrected chi connectivity index (χ4v) is 1.86. The van der Waals surface area contributed by atoms with Gasteiger partial charge in [-0.15, -0.1) is 0 Å². The van der Waals surface area contributed by atoms with E-state index in [1.807, 2.05) is 24.4 Å². The van der Waals surface area contributed by atoms with Gasteiger partial charge in [0, 0.05) is 17.1 Å². The van der Waals surface area contributed by atoms with Crippen LogP contribution in [0.5, 0.6) is 0 Å². The molecule has 0 aliphatic heterocycles. The predicted molar refractivity (Wildman–Crippen MR) is 61.6 cm³/mol. The second kappa shape index (κ2) is 3.78. The van der Waals surface area contributed by atoms with Crippen LogP contribution in [0.25, 0.3) is 10.9 Å². The first kappa shape index (κ1) is 9.79. The zero-order valence-electron chi connectivity index (χ0n) is 9.04. The molecule has 0 atom stereocenters. The number of aromatic amines is 1. The number of hydrogen-bond donors (Lipinski definition) is 1. The molecule has 0 fully saturated rings. The molecular weight excluding hydrogens is 184 g/mol. The van der Waals surface area contributed by atoms with Crippen LogP contribution in [-0.4, -0.2) is 4.98 Å². The van der Waals surface area contributed by atoms with Gasteiger partial charge in [-0.25, -0.2) is 0 Å². The number of rotatable bonds is 2. The minimum atomic E-state index is 0.652. The van der Waals surface area contributed by atoms with Crippen molar-refractivity contribution in [2.45, 2.75) is 20.3 Å². The van der Waals surface area contributed by atoms with Crippen LogP contribution < -0.4 is 0 Å². The zero-order valence-corrected chi connectivity index (χ0v) is 9.04. The van der Waals surface area contributed by atoms with Crippen molar-refractivity contribution in [1.29, 1.82) is 5.26 Å². The monoisotopic (exact) mass is 198 g/mol. The maximum absolute atomic E-state index is 8.79. The molecule has 0 saturated carbocycles. The molecule has 1 aromatic heterocycles. The van der Waals surface area contributed by atoms with Crippen LogP contribution in [0.2, 0.25) is 0 Å². The van der Waals surface area contributed by atoms with E-state index >= 15 is 0 Å². The molecule has 0 unspecified atom stereocenters. The number of benzene rings is 1. The van der Waals surface area contributed by atoms with Crippen LogP contribution in [-0.2, 0) is 6.42 Å². The average Bonchev–Trinajstić information content (AvgIpc) is 2.60. The Kier molecular flexibility index (Phi) is 2.47. The molecule has 0 amide bonds. The van der Waals surface area contributed by atoms with Crippen LogP contribution in [0.1, 0.15) is 25.0 Å². The highest BCUT2D eigenvalue weighted by Gasteiger charge is 2.05. The van der Waals surface area contributed by atoms with Gasteiger partial charge < -0.3 is 4.98 Å². The van der Waals surface area contributed by atoms with Crippen molar-refractivity contribution in [2.24, 2.45) is 5.92 Å².